The average Bonchev–Trinajstić information content (AvgIpc) is 3.38. The summed E-state index contributed by atoms with van der Waals surface area (Å²) in [5.41, 5.74) is 5.59. The average molecular weight is 488 g/mol. The number of fused-ring (bicyclic) bond motifs is 2. The van der Waals surface area contributed by atoms with Gasteiger partial charge in [-0.2, -0.15) is 15.0 Å². The van der Waals surface area contributed by atoms with Crippen LogP contribution in [-0.2, 0) is 14.2 Å². The van der Waals surface area contributed by atoms with E-state index in [1.807, 2.05) is 0 Å². The molecule has 2 aromatic rings. The molecule has 2 N–H and O–H groups in total. The molecular formula is C23H27F2N7O3. The zero-order chi connectivity index (χ0) is 23.7. The van der Waals surface area contributed by atoms with E-state index in [1.54, 1.807) is 0 Å². The van der Waals surface area contributed by atoms with Crippen molar-refractivity contribution in [3.8, 4) is 11.4 Å². The molecule has 0 aliphatic carbocycles. The van der Waals surface area contributed by atoms with Gasteiger partial charge in [0.1, 0.15) is 5.82 Å². The van der Waals surface area contributed by atoms with Gasteiger partial charge < -0.3 is 29.7 Å². The molecule has 10 nitrogen and oxygen atoms in total. The minimum absolute atomic E-state index is 0.0278. The molecule has 12 heteroatoms. The number of piperidine rings is 1. The Morgan fingerprint density at radius 2 is 1.57 bits per heavy atom. The van der Waals surface area contributed by atoms with Gasteiger partial charge in [-0.25, -0.2) is 13.8 Å². The van der Waals surface area contributed by atoms with E-state index in [4.69, 9.17) is 34.9 Å². The van der Waals surface area contributed by atoms with Crippen LogP contribution in [0.5, 0.6) is 0 Å². The lowest BCUT2D eigenvalue weighted by Crippen LogP contribution is -2.71. The van der Waals surface area contributed by atoms with E-state index in [2.05, 4.69) is 14.8 Å². The Morgan fingerprint density at radius 3 is 2.23 bits per heavy atom. The molecule has 5 fully saturated rings. The van der Waals surface area contributed by atoms with Gasteiger partial charge in [-0.3, -0.25) is 0 Å². The Bertz CT molecular complexity index is 1110. The van der Waals surface area contributed by atoms with Crippen LogP contribution in [0.25, 0.3) is 11.4 Å². The van der Waals surface area contributed by atoms with Gasteiger partial charge in [0.2, 0.25) is 11.9 Å². The summed E-state index contributed by atoms with van der Waals surface area (Å²) >= 11 is 0. The van der Waals surface area contributed by atoms with Crippen LogP contribution in [0.4, 0.5) is 26.5 Å². The second-order valence-corrected chi connectivity index (χ2v) is 10.1. The van der Waals surface area contributed by atoms with E-state index in [1.165, 1.54) is 12.3 Å². The summed E-state index contributed by atoms with van der Waals surface area (Å²) in [7, 11) is 0. The highest BCUT2D eigenvalue weighted by molar-refractivity contribution is 5.65. The minimum atomic E-state index is -2.75. The number of morpholine rings is 1. The van der Waals surface area contributed by atoms with Gasteiger partial charge in [-0.1, -0.05) is 0 Å². The third kappa shape index (κ3) is 3.15. The summed E-state index contributed by atoms with van der Waals surface area (Å²) in [5.74, 6) is 1.16. The molecule has 5 saturated heterocycles. The van der Waals surface area contributed by atoms with Gasteiger partial charge in [0.05, 0.1) is 69.2 Å². The Kier molecular flexibility index (Phi) is 4.87. The highest BCUT2D eigenvalue weighted by Gasteiger charge is 2.67. The van der Waals surface area contributed by atoms with Crippen molar-refractivity contribution in [3.63, 3.8) is 0 Å². The number of alkyl halides is 2. The first-order valence-corrected chi connectivity index (χ1v) is 12.1. The highest BCUT2D eigenvalue weighted by Crippen LogP contribution is 2.53. The first-order chi connectivity index (χ1) is 17.0. The maximum atomic E-state index is 14.0. The maximum Gasteiger partial charge on any atom is 0.264 e. The SMILES string of the molecule is Nc1cc(C(F)F)c(-c2nc(N3C4CCCC3COC4)nc(N3C4COCC45COCC35)n2)cn1. The highest BCUT2D eigenvalue weighted by atomic mass is 19.3. The number of halogens is 2. The smallest absolute Gasteiger partial charge is 0.264 e. The number of anilines is 3. The van der Waals surface area contributed by atoms with Crippen LogP contribution >= 0.6 is 0 Å². The molecule has 5 aliphatic heterocycles. The molecule has 0 radical (unpaired) electrons. The molecule has 1 spiro atoms. The lowest BCUT2D eigenvalue weighted by Gasteiger charge is -2.55. The van der Waals surface area contributed by atoms with Gasteiger partial charge in [-0.15, -0.1) is 0 Å². The van der Waals surface area contributed by atoms with Gasteiger partial charge in [0, 0.05) is 17.3 Å². The Balaban J connectivity index is 1.37. The lowest BCUT2D eigenvalue weighted by molar-refractivity contribution is 0.0452. The number of aromatic nitrogens is 4. The molecule has 5 aliphatic rings. The number of nitrogens with zero attached hydrogens (tertiary/aromatic N) is 6. The largest absolute Gasteiger partial charge is 0.384 e. The van der Waals surface area contributed by atoms with Crippen LogP contribution in [0.3, 0.4) is 0 Å². The van der Waals surface area contributed by atoms with Crippen molar-refractivity contribution in [2.45, 2.75) is 49.9 Å². The summed E-state index contributed by atoms with van der Waals surface area (Å²) in [6.45, 7) is 3.61. The normalized spacial score (nSPS) is 33.6. The number of nitrogens with two attached hydrogens (primary N) is 1. The van der Waals surface area contributed by atoms with Gasteiger partial charge >= 0.3 is 0 Å². The van der Waals surface area contributed by atoms with Crippen LogP contribution in [-0.4, -0.2) is 83.7 Å². The zero-order valence-electron chi connectivity index (χ0n) is 19.1. The van der Waals surface area contributed by atoms with E-state index in [0.717, 1.165) is 19.3 Å². The Morgan fingerprint density at radius 1 is 0.914 bits per heavy atom. The molecule has 4 unspecified atom stereocenters. The summed E-state index contributed by atoms with van der Waals surface area (Å²) < 4.78 is 45.5. The molecule has 35 heavy (non-hydrogen) atoms. The molecule has 7 rings (SSSR count). The molecule has 7 heterocycles. The number of nitrogen functional groups attached to an aromatic ring is 1. The van der Waals surface area contributed by atoms with Crippen molar-refractivity contribution in [2.75, 3.05) is 55.2 Å². The molecule has 0 aromatic carbocycles. The lowest BCUT2D eigenvalue weighted by atomic mass is 9.69. The molecule has 0 saturated carbocycles. The first-order valence-electron chi connectivity index (χ1n) is 12.1. The summed E-state index contributed by atoms with van der Waals surface area (Å²) in [4.78, 5) is 22.8. The third-order valence-electron chi connectivity index (χ3n) is 8.28. The number of ether oxygens (including phenoxy) is 3. The predicted molar refractivity (Wildman–Crippen MR) is 121 cm³/mol. The van der Waals surface area contributed by atoms with Gasteiger partial charge in [-0.05, 0) is 25.3 Å². The molecule has 186 valence electrons. The summed E-state index contributed by atoms with van der Waals surface area (Å²) in [6, 6.07) is 1.65. The van der Waals surface area contributed by atoms with Crippen molar-refractivity contribution in [1.82, 2.24) is 19.9 Å². The van der Waals surface area contributed by atoms with E-state index in [9.17, 15) is 8.78 Å². The quantitative estimate of drug-likeness (QED) is 0.685. The van der Waals surface area contributed by atoms with E-state index in [0.29, 0.717) is 51.5 Å². The minimum Gasteiger partial charge on any atom is -0.384 e. The number of hydrogen-bond donors (Lipinski definition) is 1. The maximum absolute atomic E-state index is 14.0. The molecule has 2 aromatic heterocycles. The Hall–Kier alpha value is -2.70. The number of hydrogen-bond acceptors (Lipinski definition) is 10. The van der Waals surface area contributed by atoms with Crippen molar-refractivity contribution in [2.24, 2.45) is 5.41 Å². The monoisotopic (exact) mass is 487 g/mol. The molecule has 0 amide bonds. The van der Waals surface area contributed by atoms with Crippen molar-refractivity contribution < 1.29 is 23.0 Å². The van der Waals surface area contributed by atoms with Crippen molar-refractivity contribution >= 4 is 17.7 Å². The number of rotatable bonds is 4. The summed E-state index contributed by atoms with van der Waals surface area (Å²) in [6.07, 6.45) is 1.64. The molecular weight excluding hydrogens is 460 g/mol. The van der Waals surface area contributed by atoms with Crippen LogP contribution in [0.15, 0.2) is 12.3 Å². The fraction of sp³-hybridized carbons (Fsp3) is 0.652. The van der Waals surface area contributed by atoms with Crippen LogP contribution in [0.2, 0.25) is 0 Å². The topological polar surface area (TPSA) is 112 Å². The van der Waals surface area contributed by atoms with Crippen molar-refractivity contribution in [1.29, 1.82) is 0 Å². The van der Waals surface area contributed by atoms with E-state index >= 15 is 0 Å². The fourth-order valence-corrected chi connectivity index (χ4v) is 6.55. The Labute approximate surface area is 200 Å². The summed E-state index contributed by atoms with van der Waals surface area (Å²) in [5, 5.41) is 0. The van der Waals surface area contributed by atoms with E-state index in [-0.39, 0.29) is 52.4 Å². The first kappa shape index (κ1) is 21.6. The van der Waals surface area contributed by atoms with Crippen LogP contribution in [0.1, 0.15) is 31.3 Å². The fourth-order valence-electron chi connectivity index (χ4n) is 6.55. The zero-order valence-corrected chi connectivity index (χ0v) is 19.1. The third-order valence-corrected chi connectivity index (χ3v) is 8.28. The van der Waals surface area contributed by atoms with Crippen molar-refractivity contribution in [3.05, 3.63) is 17.8 Å². The number of pyridine rings is 1. The van der Waals surface area contributed by atoms with Gasteiger partial charge in [0.25, 0.3) is 6.43 Å². The standard InChI is InChI=1S/C23H27F2N7O3/c24-19(25)14-4-18(26)27-5-15(14)20-28-21(31-12-2-1-3-13(31)7-33-6-12)30-22(29-20)32-16-8-34-10-23(16)11-35-9-17(23)32/h4-5,12-13,16-17,19H,1-3,6-11H2,(H2,26,27). The van der Waals surface area contributed by atoms with Gasteiger partial charge in [0.15, 0.2) is 5.82 Å². The molecule has 2 bridgehead atoms. The molecule has 4 atom stereocenters. The van der Waals surface area contributed by atoms with E-state index < -0.39 is 6.43 Å². The van der Waals surface area contributed by atoms with Crippen LogP contribution in [0, 0.1) is 5.41 Å². The second-order valence-electron chi connectivity index (χ2n) is 10.1. The second kappa shape index (κ2) is 7.90. The predicted octanol–water partition coefficient (Wildman–Crippen LogP) is 1.82. The van der Waals surface area contributed by atoms with Crippen LogP contribution < -0.4 is 15.5 Å².